The fourth-order valence-electron chi connectivity index (χ4n) is 1.60. The van der Waals surface area contributed by atoms with Gasteiger partial charge in [0.05, 0.1) is 5.56 Å². The van der Waals surface area contributed by atoms with Crippen molar-refractivity contribution in [1.29, 1.82) is 0 Å². The summed E-state index contributed by atoms with van der Waals surface area (Å²) in [5.74, 6) is -0.146. The number of carbonyl (C=O) groups excluding carboxylic acids is 1. The molecular formula is C14H10Cl2INO. The van der Waals surface area contributed by atoms with E-state index in [4.69, 9.17) is 23.2 Å². The molecule has 2 nitrogen and oxygen atoms in total. The van der Waals surface area contributed by atoms with Crippen LogP contribution in [0, 0.1) is 3.57 Å². The number of benzene rings is 2. The van der Waals surface area contributed by atoms with Crippen molar-refractivity contribution in [2.75, 3.05) is 0 Å². The van der Waals surface area contributed by atoms with Crippen LogP contribution in [0.2, 0.25) is 10.0 Å². The highest BCUT2D eigenvalue weighted by Gasteiger charge is 2.10. The first-order valence-electron chi connectivity index (χ1n) is 5.54. The van der Waals surface area contributed by atoms with Gasteiger partial charge in [0.2, 0.25) is 0 Å². The van der Waals surface area contributed by atoms with Gasteiger partial charge in [-0.1, -0.05) is 35.3 Å². The van der Waals surface area contributed by atoms with Gasteiger partial charge in [-0.3, -0.25) is 4.79 Å². The van der Waals surface area contributed by atoms with Crippen LogP contribution in [-0.2, 0) is 6.54 Å². The van der Waals surface area contributed by atoms with Crippen LogP contribution in [0.25, 0.3) is 0 Å². The normalized spacial score (nSPS) is 10.3. The zero-order valence-corrected chi connectivity index (χ0v) is 13.5. The molecule has 2 rings (SSSR count). The largest absolute Gasteiger partial charge is 0.348 e. The fraction of sp³-hybridized carbons (Fsp3) is 0.0714. The third-order valence-electron chi connectivity index (χ3n) is 2.52. The van der Waals surface area contributed by atoms with Gasteiger partial charge in [0.25, 0.3) is 5.91 Å². The van der Waals surface area contributed by atoms with E-state index in [0.29, 0.717) is 22.2 Å². The smallest absolute Gasteiger partial charge is 0.252 e. The van der Waals surface area contributed by atoms with Crippen LogP contribution in [0.5, 0.6) is 0 Å². The topological polar surface area (TPSA) is 29.1 Å². The minimum Gasteiger partial charge on any atom is -0.348 e. The lowest BCUT2D eigenvalue weighted by atomic mass is 10.2. The summed E-state index contributed by atoms with van der Waals surface area (Å²) in [5.41, 5.74) is 1.54. The van der Waals surface area contributed by atoms with Gasteiger partial charge < -0.3 is 5.32 Å². The number of rotatable bonds is 3. The van der Waals surface area contributed by atoms with Crippen LogP contribution in [0.3, 0.4) is 0 Å². The Morgan fingerprint density at radius 3 is 2.58 bits per heavy atom. The van der Waals surface area contributed by atoms with E-state index in [9.17, 15) is 4.79 Å². The lowest BCUT2D eigenvalue weighted by molar-refractivity contribution is 0.0950. The summed E-state index contributed by atoms with van der Waals surface area (Å²) in [5, 5.41) is 4.06. The summed E-state index contributed by atoms with van der Waals surface area (Å²) in [6, 6.07) is 12.6. The van der Waals surface area contributed by atoms with E-state index < -0.39 is 0 Å². The number of hydrogen-bond donors (Lipinski definition) is 1. The van der Waals surface area contributed by atoms with Crippen molar-refractivity contribution in [3.8, 4) is 0 Å². The van der Waals surface area contributed by atoms with Gasteiger partial charge in [-0.2, -0.15) is 0 Å². The first-order chi connectivity index (χ1) is 9.06. The number of amides is 1. The SMILES string of the molecule is O=C(NCc1cccc(Cl)c1)c1cc(Cl)ccc1I. The third-order valence-corrected chi connectivity index (χ3v) is 3.93. The predicted octanol–water partition coefficient (Wildman–Crippen LogP) is 4.53. The van der Waals surface area contributed by atoms with Gasteiger partial charge >= 0.3 is 0 Å². The van der Waals surface area contributed by atoms with Crippen molar-refractivity contribution >= 4 is 51.7 Å². The molecule has 0 spiro atoms. The van der Waals surface area contributed by atoms with E-state index >= 15 is 0 Å². The van der Waals surface area contributed by atoms with Crippen molar-refractivity contribution in [3.63, 3.8) is 0 Å². The van der Waals surface area contributed by atoms with Gasteiger partial charge in [-0.05, 0) is 58.5 Å². The molecule has 0 aliphatic carbocycles. The molecule has 0 fully saturated rings. The molecule has 0 radical (unpaired) electrons. The van der Waals surface area contributed by atoms with Gasteiger partial charge in [0.1, 0.15) is 0 Å². The Labute approximate surface area is 135 Å². The highest BCUT2D eigenvalue weighted by Crippen LogP contribution is 2.18. The minimum atomic E-state index is -0.146. The molecule has 98 valence electrons. The second kappa shape index (κ2) is 6.59. The molecule has 0 heterocycles. The molecule has 0 aromatic heterocycles. The molecule has 0 bridgehead atoms. The van der Waals surface area contributed by atoms with E-state index in [1.54, 1.807) is 18.2 Å². The Morgan fingerprint density at radius 2 is 1.84 bits per heavy atom. The molecule has 5 heteroatoms. The van der Waals surface area contributed by atoms with Crippen LogP contribution < -0.4 is 5.32 Å². The fourth-order valence-corrected chi connectivity index (χ4v) is 2.56. The van der Waals surface area contributed by atoms with Gasteiger partial charge in [0.15, 0.2) is 0 Å². The first-order valence-corrected chi connectivity index (χ1v) is 7.37. The van der Waals surface area contributed by atoms with E-state index in [1.807, 2.05) is 24.3 Å². The summed E-state index contributed by atoms with van der Waals surface area (Å²) in [4.78, 5) is 12.1. The molecule has 0 saturated heterocycles. The number of hydrogen-bond acceptors (Lipinski definition) is 1. The monoisotopic (exact) mass is 405 g/mol. The lowest BCUT2D eigenvalue weighted by Gasteiger charge is -2.07. The van der Waals surface area contributed by atoms with Crippen molar-refractivity contribution in [2.24, 2.45) is 0 Å². The second-order valence-corrected chi connectivity index (χ2v) is 5.97. The first kappa shape index (κ1) is 14.6. The summed E-state index contributed by atoms with van der Waals surface area (Å²) >= 11 is 13.9. The Morgan fingerprint density at radius 1 is 1.11 bits per heavy atom. The van der Waals surface area contributed by atoms with E-state index in [0.717, 1.165) is 9.13 Å². The molecule has 19 heavy (non-hydrogen) atoms. The highest BCUT2D eigenvalue weighted by molar-refractivity contribution is 14.1. The number of halogens is 3. The summed E-state index contributed by atoms with van der Waals surface area (Å²) in [6.07, 6.45) is 0. The molecule has 1 N–H and O–H groups in total. The van der Waals surface area contributed by atoms with E-state index in [2.05, 4.69) is 27.9 Å². The summed E-state index contributed by atoms with van der Waals surface area (Å²) < 4.78 is 0.866. The van der Waals surface area contributed by atoms with E-state index in [1.165, 1.54) is 0 Å². The van der Waals surface area contributed by atoms with Crippen LogP contribution in [0.1, 0.15) is 15.9 Å². The maximum Gasteiger partial charge on any atom is 0.252 e. The zero-order chi connectivity index (χ0) is 13.8. The van der Waals surface area contributed by atoms with Crippen molar-refractivity contribution in [2.45, 2.75) is 6.54 Å². The van der Waals surface area contributed by atoms with Crippen LogP contribution in [0.4, 0.5) is 0 Å². The van der Waals surface area contributed by atoms with Crippen molar-refractivity contribution in [1.82, 2.24) is 5.32 Å². The van der Waals surface area contributed by atoms with E-state index in [-0.39, 0.29) is 5.91 Å². The quantitative estimate of drug-likeness (QED) is 0.747. The van der Waals surface area contributed by atoms with Crippen molar-refractivity contribution < 1.29 is 4.79 Å². The Hall–Kier alpha value is -0.780. The molecule has 0 aliphatic rings. The molecule has 1 amide bonds. The Kier molecular flexibility index (Phi) is 5.07. The molecule has 0 saturated carbocycles. The average molecular weight is 406 g/mol. The lowest BCUT2D eigenvalue weighted by Crippen LogP contribution is -2.23. The number of nitrogens with one attached hydrogen (secondary N) is 1. The van der Waals surface area contributed by atoms with Gasteiger partial charge in [0, 0.05) is 20.2 Å². The molecular weight excluding hydrogens is 396 g/mol. The molecule has 2 aromatic rings. The van der Waals surface area contributed by atoms with Crippen LogP contribution in [-0.4, -0.2) is 5.91 Å². The maximum absolute atomic E-state index is 12.1. The van der Waals surface area contributed by atoms with Gasteiger partial charge in [-0.25, -0.2) is 0 Å². The Balaban J connectivity index is 2.07. The molecule has 0 atom stereocenters. The summed E-state index contributed by atoms with van der Waals surface area (Å²) in [6.45, 7) is 0.433. The maximum atomic E-state index is 12.1. The van der Waals surface area contributed by atoms with Crippen LogP contribution in [0.15, 0.2) is 42.5 Å². The van der Waals surface area contributed by atoms with Gasteiger partial charge in [-0.15, -0.1) is 0 Å². The second-order valence-electron chi connectivity index (χ2n) is 3.94. The standard InChI is InChI=1S/C14H10Cl2INO/c15-10-3-1-2-9(6-10)8-18-14(19)12-7-11(16)4-5-13(12)17/h1-7H,8H2,(H,18,19). The predicted molar refractivity (Wildman–Crippen MR) is 86.8 cm³/mol. The van der Waals surface area contributed by atoms with Crippen LogP contribution >= 0.6 is 45.8 Å². The van der Waals surface area contributed by atoms with Crippen molar-refractivity contribution in [3.05, 3.63) is 67.2 Å². The molecule has 0 aliphatic heterocycles. The molecule has 0 unspecified atom stereocenters. The molecule has 2 aromatic carbocycles. The zero-order valence-electron chi connectivity index (χ0n) is 9.79. The average Bonchev–Trinajstić information content (AvgIpc) is 2.39. The third kappa shape index (κ3) is 4.09. The number of carbonyl (C=O) groups is 1. The Bertz CT molecular complexity index is 616. The highest BCUT2D eigenvalue weighted by atomic mass is 127. The summed E-state index contributed by atoms with van der Waals surface area (Å²) in [7, 11) is 0. The minimum absolute atomic E-state index is 0.146.